The van der Waals surface area contributed by atoms with Gasteiger partial charge >= 0.3 is 0 Å². The van der Waals surface area contributed by atoms with Crippen molar-refractivity contribution >= 4 is 15.9 Å². The molecule has 2 rings (SSSR count). The fourth-order valence-corrected chi connectivity index (χ4v) is 2.62. The van der Waals surface area contributed by atoms with Crippen LogP contribution in [-0.4, -0.2) is 12.5 Å². The van der Waals surface area contributed by atoms with Gasteiger partial charge in [0, 0.05) is 17.3 Å². The van der Waals surface area contributed by atoms with E-state index in [0.29, 0.717) is 13.0 Å². The Morgan fingerprint density at radius 3 is 2.44 bits per heavy atom. The first-order valence-electron chi connectivity index (χ1n) is 6.15. The number of rotatable bonds is 3. The molecule has 1 aliphatic carbocycles. The van der Waals surface area contributed by atoms with Gasteiger partial charge in [0.2, 0.25) is 5.92 Å². The van der Waals surface area contributed by atoms with Crippen molar-refractivity contribution in [3.05, 3.63) is 27.7 Å². The minimum absolute atomic E-state index is 0.000575. The molecule has 1 nitrogen and oxygen atoms in total. The Morgan fingerprint density at radius 1 is 1.33 bits per heavy atom. The quantitative estimate of drug-likeness (QED) is 0.771. The van der Waals surface area contributed by atoms with Crippen LogP contribution in [0.5, 0.6) is 5.75 Å². The summed E-state index contributed by atoms with van der Waals surface area (Å²) in [5.41, 5.74) is 2.20. The van der Waals surface area contributed by atoms with Gasteiger partial charge in [-0.15, -0.1) is 0 Å². The minimum Gasteiger partial charge on any atom is -0.493 e. The van der Waals surface area contributed by atoms with Gasteiger partial charge in [0.25, 0.3) is 0 Å². The maximum absolute atomic E-state index is 13.0. The molecule has 0 saturated heterocycles. The van der Waals surface area contributed by atoms with E-state index in [1.807, 2.05) is 26.0 Å². The number of alkyl halides is 2. The minimum atomic E-state index is -2.49. The molecule has 100 valence electrons. The predicted octanol–water partition coefficient (Wildman–Crippen LogP) is 4.88. The van der Waals surface area contributed by atoms with E-state index < -0.39 is 5.92 Å². The first-order valence-corrected chi connectivity index (χ1v) is 6.94. The third kappa shape index (κ3) is 3.22. The molecule has 1 aromatic rings. The first-order chi connectivity index (χ1) is 8.37. The lowest BCUT2D eigenvalue weighted by Gasteiger charge is -2.14. The zero-order valence-electron chi connectivity index (χ0n) is 10.6. The first kappa shape index (κ1) is 13.8. The van der Waals surface area contributed by atoms with Crippen LogP contribution in [-0.2, 0) is 0 Å². The van der Waals surface area contributed by atoms with Crippen molar-refractivity contribution in [2.24, 2.45) is 5.92 Å². The van der Waals surface area contributed by atoms with Gasteiger partial charge in [-0.05, 0) is 49.4 Å². The molecule has 1 unspecified atom stereocenters. The van der Waals surface area contributed by atoms with Gasteiger partial charge in [0.1, 0.15) is 5.75 Å². The van der Waals surface area contributed by atoms with E-state index in [4.69, 9.17) is 4.74 Å². The van der Waals surface area contributed by atoms with E-state index in [0.717, 1.165) is 21.3 Å². The molecule has 18 heavy (non-hydrogen) atoms. The third-order valence-corrected chi connectivity index (χ3v) is 4.65. The monoisotopic (exact) mass is 318 g/mol. The standard InChI is InChI=1S/C14H17BrF2O/c1-9-5-12(6-10(2)13(9)15)18-8-11-3-4-14(16,17)7-11/h5-6,11H,3-4,7-8H2,1-2H3. The van der Waals surface area contributed by atoms with E-state index in [-0.39, 0.29) is 18.8 Å². The summed E-state index contributed by atoms with van der Waals surface area (Å²) in [4.78, 5) is 0. The van der Waals surface area contributed by atoms with Crippen LogP contribution in [0.25, 0.3) is 0 Å². The zero-order chi connectivity index (χ0) is 13.3. The highest BCUT2D eigenvalue weighted by Gasteiger charge is 2.39. The maximum Gasteiger partial charge on any atom is 0.248 e. The second-order valence-electron chi connectivity index (χ2n) is 5.15. The fourth-order valence-electron chi connectivity index (χ4n) is 2.39. The normalized spacial score (nSPS) is 22.2. The highest BCUT2D eigenvalue weighted by atomic mass is 79.9. The summed E-state index contributed by atoms with van der Waals surface area (Å²) in [6.45, 7) is 4.37. The fraction of sp³-hybridized carbons (Fsp3) is 0.571. The molecule has 0 N–H and O–H groups in total. The summed E-state index contributed by atoms with van der Waals surface area (Å²) in [7, 11) is 0. The summed E-state index contributed by atoms with van der Waals surface area (Å²) in [5, 5.41) is 0. The molecule has 0 spiro atoms. The van der Waals surface area contributed by atoms with Gasteiger partial charge in [0.15, 0.2) is 0 Å². The Hall–Kier alpha value is -0.640. The highest BCUT2D eigenvalue weighted by Crippen LogP contribution is 2.39. The molecule has 1 atom stereocenters. The van der Waals surface area contributed by atoms with Crippen molar-refractivity contribution < 1.29 is 13.5 Å². The Labute approximate surface area is 115 Å². The Morgan fingerprint density at radius 2 is 1.94 bits per heavy atom. The number of halogens is 3. The molecule has 1 fully saturated rings. The highest BCUT2D eigenvalue weighted by molar-refractivity contribution is 9.10. The van der Waals surface area contributed by atoms with Gasteiger partial charge in [-0.2, -0.15) is 0 Å². The lowest BCUT2D eigenvalue weighted by atomic mass is 10.1. The van der Waals surface area contributed by atoms with E-state index in [1.54, 1.807) is 0 Å². The van der Waals surface area contributed by atoms with Crippen molar-refractivity contribution in [1.82, 2.24) is 0 Å². The van der Waals surface area contributed by atoms with Gasteiger partial charge in [-0.3, -0.25) is 0 Å². The average Bonchev–Trinajstić information content (AvgIpc) is 2.63. The Kier molecular flexibility index (Phi) is 3.95. The van der Waals surface area contributed by atoms with Crippen LogP contribution < -0.4 is 4.74 Å². The maximum atomic E-state index is 13.0. The Balaban J connectivity index is 1.95. The largest absolute Gasteiger partial charge is 0.493 e. The topological polar surface area (TPSA) is 9.23 Å². The molecule has 0 amide bonds. The summed E-state index contributed by atoms with van der Waals surface area (Å²) < 4.78 is 32.8. The van der Waals surface area contributed by atoms with Gasteiger partial charge in [-0.25, -0.2) is 8.78 Å². The van der Waals surface area contributed by atoms with Gasteiger partial charge < -0.3 is 4.74 Å². The predicted molar refractivity (Wildman–Crippen MR) is 71.4 cm³/mol. The van der Waals surface area contributed by atoms with Crippen LogP contribution in [0.3, 0.4) is 0 Å². The summed E-state index contributed by atoms with van der Waals surface area (Å²) >= 11 is 3.49. The smallest absolute Gasteiger partial charge is 0.248 e. The summed E-state index contributed by atoms with van der Waals surface area (Å²) in [6.07, 6.45) is 0.516. The molecule has 1 saturated carbocycles. The van der Waals surface area contributed by atoms with Crippen LogP contribution in [0.15, 0.2) is 16.6 Å². The third-order valence-electron chi connectivity index (χ3n) is 3.40. The van der Waals surface area contributed by atoms with Crippen LogP contribution in [0.4, 0.5) is 8.78 Å². The average molecular weight is 319 g/mol. The van der Waals surface area contributed by atoms with Crippen LogP contribution in [0, 0.1) is 19.8 Å². The van der Waals surface area contributed by atoms with Crippen LogP contribution >= 0.6 is 15.9 Å². The molecule has 0 aliphatic heterocycles. The molecule has 0 radical (unpaired) electrons. The van der Waals surface area contributed by atoms with Gasteiger partial charge in [-0.1, -0.05) is 15.9 Å². The summed E-state index contributed by atoms with van der Waals surface area (Å²) in [5.74, 6) is -1.74. The molecule has 1 aromatic carbocycles. The number of hydrogen-bond acceptors (Lipinski definition) is 1. The number of benzene rings is 1. The Bertz CT molecular complexity index is 422. The van der Waals surface area contributed by atoms with Crippen molar-refractivity contribution in [2.45, 2.75) is 39.0 Å². The van der Waals surface area contributed by atoms with Crippen molar-refractivity contribution in [2.75, 3.05) is 6.61 Å². The summed E-state index contributed by atoms with van der Waals surface area (Å²) in [6, 6.07) is 3.87. The molecular formula is C14H17BrF2O. The van der Waals surface area contributed by atoms with E-state index in [9.17, 15) is 8.78 Å². The van der Waals surface area contributed by atoms with Crippen LogP contribution in [0.1, 0.15) is 30.4 Å². The van der Waals surface area contributed by atoms with Crippen molar-refractivity contribution in [1.29, 1.82) is 0 Å². The second kappa shape index (κ2) is 5.16. The van der Waals surface area contributed by atoms with Crippen molar-refractivity contribution in [3.63, 3.8) is 0 Å². The number of ether oxygens (including phenoxy) is 1. The van der Waals surface area contributed by atoms with Crippen LogP contribution in [0.2, 0.25) is 0 Å². The zero-order valence-corrected chi connectivity index (χ0v) is 12.2. The van der Waals surface area contributed by atoms with E-state index in [1.165, 1.54) is 0 Å². The molecule has 4 heteroatoms. The van der Waals surface area contributed by atoms with E-state index in [2.05, 4.69) is 15.9 Å². The molecule has 1 aliphatic rings. The number of aryl methyl sites for hydroxylation is 2. The van der Waals surface area contributed by atoms with Crippen molar-refractivity contribution in [3.8, 4) is 5.75 Å². The number of hydrogen-bond donors (Lipinski definition) is 0. The lowest BCUT2D eigenvalue weighted by molar-refractivity contribution is 0.00291. The lowest BCUT2D eigenvalue weighted by Crippen LogP contribution is -2.14. The molecule has 0 aromatic heterocycles. The second-order valence-corrected chi connectivity index (χ2v) is 5.94. The van der Waals surface area contributed by atoms with Gasteiger partial charge in [0.05, 0.1) is 6.61 Å². The SMILES string of the molecule is Cc1cc(OCC2CCC(F)(F)C2)cc(C)c1Br. The molecular weight excluding hydrogens is 302 g/mol. The van der Waals surface area contributed by atoms with E-state index >= 15 is 0 Å². The molecule has 0 heterocycles. The molecule has 0 bridgehead atoms.